The van der Waals surface area contributed by atoms with E-state index in [1.54, 1.807) is 0 Å². The van der Waals surface area contributed by atoms with Crippen molar-refractivity contribution in [3.8, 4) is 0 Å². The van der Waals surface area contributed by atoms with E-state index in [1.165, 1.54) is 38.0 Å². The van der Waals surface area contributed by atoms with E-state index < -0.39 is 5.97 Å². The molecule has 1 heterocycles. The Balaban J connectivity index is 2.28. The van der Waals surface area contributed by atoms with E-state index in [-0.39, 0.29) is 11.8 Å². The number of benzene rings is 1. The first kappa shape index (κ1) is 24.1. The standard InChI is InChI=1S/C18H22I3N3O4/c1-10(25)22-16-13(19)12(14(20)17(15(16)21)23-11(2)26)18(27)28-9-8-24-6-4-3-5-7-24/h3-9H2,1-2H3,(H,22,25)(H,23,26)/p+1. The second-order valence-corrected chi connectivity index (χ2v) is 9.86. The summed E-state index contributed by atoms with van der Waals surface area (Å²) in [5, 5.41) is 5.53. The van der Waals surface area contributed by atoms with Crippen LogP contribution in [0.1, 0.15) is 43.5 Å². The molecule has 1 aliphatic heterocycles. The first-order valence-corrected chi connectivity index (χ1v) is 12.2. The van der Waals surface area contributed by atoms with Gasteiger partial charge in [-0.3, -0.25) is 9.59 Å². The largest absolute Gasteiger partial charge is 0.456 e. The molecule has 2 rings (SSSR count). The van der Waals surface area contributed by atoms with E-state index in [0.717, 1.165) is 19.6 Å². The maximum absolute atomic E-state index is 12.8. The van der Waals surface area contributed by atoms with E-state index >= 15 is 0 Å². The lowest BCUT2D eigenvalue weighted by Crippen LogP contribution is -3.13. The van der Waals surface area contributed by atoms with Crippen molar-refractivity contribution in [3.63, 3.8) is 0 Å². The number of rotatable bonds is 6. The Bertz CT molecular complexity index is 737. The van der Waals surface area contributed by atoms with Gasteiger partial charge in [0.2, 0.25) is 11.8 Å². The molecule has 0 aliphatic carbocycles. The fourth-order valence-electron chi connectivity index (χ4n) is 3.08. The number of halogens is 3. The maximum atomic E-state index is 12.8. The lowest BCUT2D eigenvalue weighted by atomic mass is 10.1. The van der Waals surface area contributed by atoms with Gasteiger partial charge in [0.25, 0.3) is 0 Å². The van der Waals surface area contributed by atoms with Gasteiger partial charge < -0.3 is 20.3 Å². The molecular formula is C18H23I3N3O4+. The monoisotopic (exact) mass is 726 g/mol. The molecule has 1 aromatic carbocycles. The number of ether oxygens (including phenoxy) is 1. The van der Waals surface area contributed by atoms with Crippen LogP contribution in [-0.2, 0) is 14.3 Å². The molecule has 0 aromatic heterocycles. The highest BCUT2D eigenvalue weighted by Crippen LogP contribution is 2.39. The zero-order valence-electron chi connectivity index (χ0n) is 15.7. The molecule has 0 unspecified atom stereocenters. The van der Waals surface area contributed by atoms with Crippen LogP contribution in [0.15, 0.2) is 0 Å². The van der Waals surface area contributed by atoms with Crippen molar-refractivity contribution in [2.75, 3.05) is 36.9 Å². The Labute approximate surface area is 205 Å². The Morgan fingerprint density at radius 2 is 1.39 bits per heavy atom. The fraction of sp³-hybridized carbons (Fsp3) is 0.500. The summed E-state index contributed by atoms with van der Waals surface area (Å²) in [6.45, 7) is 6.19. The second-order valence-electron chi connectivity index (χ2n) is 6.63. The third-order valence-electron chi connectivity index (χ3n) is 4.37. The van der Waals surface area contributed by atoms with Gasteiger partial charge in [0.05, 0.1) is 40.7 Å². The SMILES string of the molecule is CC(=O)Nc1c(I)c(NC(C)=O)c(I)c(C(=O)OCC[NH+]2CCCCC2)c1I. The maximum Gasteiger partial charge on any atom is 0.340 e. The number of amides is 2. The lowest BCUT2D eigenvalue weighted by molar-refractivity contribution is -0.905. The molecule has 0 radical (unpaired) electrons. The molecule has 1 aromatic rings. The molecule has 0 bridgehead atoms. The molecule has 1 fully saturated rings. The average Bonchev–Trinajstić information content (AvgIpc) is 2.63. The average molecular weight is 726 g/mol. The van der Waals surface area contributed by atoms with E-state index in [4.69, 9.17) is 4.74 Å². The van der Waals surface area contributed by atoms with Gasteiger partial charge in [-0.15, -0.1) is 0 Å². The van der Waals surface area contributed by atoms with Crippen molar-refractivity contribution >= 4 is 96.9 Å². The van der Waals surface area contributed by atoms with Crippen molar-refractivity contribution < 1.29 is 24.0 Å². The second kappa shape index (κ2) is 11.2. The summed E-state index contributed by atoms with van der Waals surface area (Å²) in [6.07, 6.45) is 3.72. The molecule has 28 heavy (non-hydrogen) atoms. The molecule has 154 valence electrons. The Hall–Kier alpha value is -0.220. The Morgan fingerprint density at radius 3 is 1.86 bits per heavy atom. The van der Waals surface area contributed by atoms with E-state index in [0.29, 0.717) is 34.3 Å². The third-order valence-corrected chi connectivity index (χ3v) is 7.61. The van der Waals surface area contributed by atoms with Gasteiger partial charge >= 0.3 is 5.97 Å². The number of nitrogens with one attached hydrogen (secondary N) is 3. The van der Waals surface area contributed by atoms with Gasteiger partial charge in [-0.25, -0.2) is 4.79 Å². The van der Waals surface area contributed by atoms with Crippen LogP contribution in [0.3, 0.4) is 0 Å². The van der Waals surface area contributed by atoms with Crippen LogP contribution in [0.4, 0.5) is 11.4 Å². The Morgan fingerprint density at radius 1 is 0.893 bits per heavy atom. The molecule has 3 N–H and O–H groups in total. The summed E-state index contributed by atoms with van der Waals surface area (Å²) in [6, 6.07) is 0. The number of anilines is 2. The number of carbonyl (C=O) groups is 3. The quantitative estimate of drug-likeness (QED) is 0.311. The number of carbonyl (C=O) groups excluding carboxylic acids is 3. The number of hydrogen-bond donors (Lipinski definition) is 3. The van der Waals surface area contributed by atoms with Crippen molar-refractivity contribution in [2.24, 2.45) is 0 Å². The molecular weight excluding hydrogens is 703 g/mol. The van der Waals surface area contributed by atoms with Crippen LogP contribution in [0, 0.1) is 10.7 Å². The van der Waals surface area contributed by atoms with Gasteiger partial charge in [-0.05, 0) is 87.0 Å². The van der Waals surface area contributed by atoms with Crippen LogP contribution in [0.25, 0.3) is 0 Å². The highest BCUT2D eigenvalue weighted by molar-refractivity contribution is 14.1. The summed E-state index contributed by atoms with van der Waals surface area (Å²) < 4.78 is 7.43. The third kappa shape index (κ3) is 6.39. The van der Waals surface area contributed by atoms with E-state index in [2.05, 4.69) is 33.2 Å². The molecule has 1 saturated heterocycles. The summed E-state index contributed by atoms with van der Waals surface area (Å²) in [7, 11) is 0. The van der Waals surface area contributed by atoms with E-state index in [1.807, 2.05) is 45.2 Å². The van der Waals surface area contributed by atoms with Gasteiger partial charge in [-0.1, -0.05) is 0 Å². The smallest absolute Gasteiger partial charge is 0.340 e. The minimum Gasteiger partial charge on any atom is -0.456 e. The molecule has 7 nitrogen and oxygen atoms in total. The van der Waals surface area contributed by atoms with Crippen LogP contribution >= 0.6 is 67.8 Å². The zero-order valence-corrected chi connectivity index (χ0v) is 22.2. The summed E-state index contributed by atoms with van der Waals surface area (Å²) in [4.78, 5) is 37.6. The summed E-state index contributed by atoms with van der Waals surface area (Å²) in [5.41, 5.74) is 1.38. The molecule has 2 amide bonds. The predicted molar refractivity (Wildman–Crippen MR) is 133 cm³/mol. The number of quaternary nitrogens is 1. The topological polar surface area (TPSA) is 88.9 Å². The van der Waals surface area contributed by atoms with Crippen molar-refractivity contribution in [3.05, 3.63) is 16.3 Å². The van der Waals surface area contributed by atoms with Crippen LogP contribution in [-0.4, -0.2) is 44.0 Å². The number of esters is 1. The van der Waals surface area contributed by atoms with Crippen LogP contribution in [0.5, 0.6) is 0 Å². The molecule has 10 heteroatoms. The first-order valence-electron chi connectivity index (χ1n) is 8.98. The van der Waals surface area contributed by atoms with Gasteiger partial charge in [0, 0.05) is 13.8 Å². The number of hydrogen-bond acceptors (Lipinski definition) is 4. The lowest BCUT2D eigenvalue weighted by Gasteiger charge is -2.23. The predicted octanol–water partition coefficient (Wildman–Crippen LogP) is 2.64. The molecule has 0 saturated carbocycles. The minimum absolute atomic E-state index is 0.251. The van der Waals surface area contributed by atoms with Crippen LogP contribution < -0.4 is 15.5 Å². The van der Waals surface area contributed by atoms with Crippen LogP contribution in [0.2, 0.25) is 0 Å². The normalized spacial score (nSPS) is 14.5. The van der Waals surface area contributed by atoms with Crippen molar-refractivity contribution in [1.29, 1.82) is 0 Å². The molecule has 0 atom stereocenters. The molecule has 1 aliphatic rings. The minimum atomic E-state index is -0.445. The Kier molecular flexibility index (Phi) is 9.66. The van der Waals surface area contributed by atoms with Crippen molar-refractivity contribution in [2.45, 2.75) is 33.1 Å². The summed E-state index contributed by atoms with van der Waals surface area (Å²) >= 11 is 6.15. The van der Waals surface area contributed by atoms with Gasteiger partial charge in [0.15, 0.2) is 0 Å². The number of piperidine rings is 1. The zero-order chi connectivity index (χ0) is 20.8. The van der Waals surface area contributed by atoms with E-state index in [9.17, 15) is 14.4 Å². The summed E-state index contributed by atoms with van der Waals surface area (Å²) in [5.74, 6) is -0.947. The fourth-order valence-corrected chi connectivity index (χ4v) is 7.22. The van der Waals surface area contributed by atoms with Gasteiger partial charge in [-0.2, -0.15) is 0 Å². The van der Waals surface area contributed by atoms with Gasteiger partial charge in [0.1, 0.15) is 13.2 Å². The van der Waals surface area contributed by atoms with Crippen molar-refractivity contribution in [1.82, 2.24) is 0 Å². The number of likely N-dealkylation sites (tertiary alicyclic amines) is 1. The highest BCUT2D eigenvalue weighted by Gasteiger charge is 2.27. The first-order chi connectivity index (χ1) is 13.2. The highest BCUT2D eigenvalue weighted by atomic mass is 127. The molecule has 0 spiro atoms.